The zero-order valence-corrected chi connectivity index (χ0v) is 25.6. The van der Waals surface area contributed by atoms with E-state index in [9.17, 15) is 0 Å². The summed E-state index contributed by atoms with van der Waals surface area (Å²) in [7, 11) is -5.47. The molecule has 0 amide bonds. The largest absolute Gasteiger partial charge is 0.129 e. The van der Waals surface area contributed by atoms with E-state index < -0.39 is 39.0 Å². The van der Waals surface area contributed by atoms with Crippen LogP contribution >= 0.6 is 15.3 Å². The fraction of sp³-hybridized carbons (Fsp3) is 0.700. The Morgan fingerprint density at radius 1 is 0.769 bits per heavy atom. The first-order valence-electron chi connectivity index (χ1n) is 10.2. The Hall–Kier alpha value is 0.784. The fourth-order valence-electron chi connectivity index (χ4n) is 7.79. The maximum Gasteiger partial charge on any atom is 0.129 e. The summed E-state index contributed by atoms with van der Waals surface area (Å²) < 4.78 is 0.726. The molecule has 0 unspecified atom stereocenters. The summed E-state index contributed by atoms with van der Waals surface area (Å²) in [6.45, 7) is 28.3. The van der Waals surface area contributed by atoms with Crippen LogP contribution in [0.1, 0.15) is 0 Å². The predicted molar refractivity (Wildman–Crippen MR) is 140 cm³/mol. The van der Waals surface area contributed by atoms with Gasteiger partial charge in [-0.2, -0.15) is 0 Å². The molecule has 1 saturated heterocycles. The summed E-state index contributed by atoms with van der Waals surface area (Å²) in [6.07, 6.45) is 0. The zero-order valence-electron chi connectivity index (χ0n) is 19.0. The lowest BCUT2D eigenvalue weighted by Gasteiger charge is -2.62. The van der Waals surface area contributed by atoms with E-state index >= 15 is 0 Å². The third-order valence-corrected chi connectivity index (χ3v) is 58.1. The van der Waals surface area contributed by atoms with Crippen LogP contribution in [0.15, 0.2) is 30.3 Å². The summed E-state index contributed by atoms with van der Waals surface area (Å²) in [6, 6.07) is 13.1. The maximum atomic E-state index is 4.70. The number of hydrogen-bond acceptors (Lipinski definition) is 0. The van der Waals surface area contributed by atoms with Crippen LogP contribution in [0, 0.1) is 0 Å². The van der Waals surface area contributed by atoms with Crippen LogP contribution < -0.4 is 5.19 Å². The van der Waals surface area contributed by atoms with Crippen molar-refractivity contribution >= 4 is 59.5 Å². The van der Waals surface area contributed by atoms with Crippen LogP contribution in [0.2, 0.25) is 87.1 Å². The molecular weight excluding hydrogens is 461 g/mol. The van der Waals surface area contributed by atoms with E-state index in [1.165, 1.54) is 0 Å². The van der Waals surface area contributed by atoms with Crippen LogP contribution in [0.5, 0.6) is 0 Å². The summed E-state index contributed by atoms with van der Waals surface area (Å²) >= 11 is 4.70. The second-order valence-corrected chi connectivity index (χ2v) is 44.1. The van der Waals surface area contributed by atoms with Crippen molar-refractivity contribution in [2.24, 2.45) is 0 Å². The average molecular weight is 502 g/mol. The average Bonchev–Trinajstić information content (AvgIpc) is 3.08. The lowest BCUT2D eigenvalue weighted by atomic mass is 10.4. The monoisotopic (exact) mass is 500 g/mol. The molecule has 0 aliphatic carbocycles. The molecule has 2 rings (SSSR count). The molecule has 0 radical (unpaired) electrons. The number of hydrogen-bond donors (Lipinski definition) is 0. The molecule has 1 aromatic rings. The van der Waals surface area contributed by atoms with E-state index in [2.05, 4.69) is 102 Å². The molecule has 1 aromatic carbocycles. The number of benzene rings is 1. The highest BCUT2D eigenvalue weighted by Crippen LogP contribution is 2.76. The summed E-state index contributed by atoms with van der Waals surface area (Å²) in [4.78, 5) is 0. The maximum absolute atomic E-state index is 4.70. The third kappa shape index (κ3) is 3.24. The van der Waals surface area contributed by atoms with Gasteiger partial charge in [-0.1, -0.05) is 108 Å². The highest BCUT2D eigenvalue weighted by molar-refractivity contribution is 9.27. The van der Waals surface area contributed by atoms with Gasteiger partial charge in [-0.15, -0.1) is 15.3 Å². The van der Waals surface area contributed by atoms with Gasteiger partial charge >= 0.3 is 0 Å². The molecule has 0 spiro atoms. The quantitative estimate of drug-likeness (QED) is 0.285. The van der Waals surface area contributed by atoms with Crippen molar-refractivity contribution < 1.29 is 0 Å². The molecule has 1 fully saturated rings. The van der Waals surface area contributed by atoms with Gasteiger partial charge in [-0.3, -0.25) is 0 Å². The minimum absolute atomic E-state index is 0.726. The van der Waals surface area contributed by atoms with Gasteiger partial charge in [-0.05, 0) is 15.1 Å². The highest BCUT2D eigenvalue weighted by atomic mass is 79.9. The predicted octanol–water partition coefficient (Wildman–Crippen LogP) is 7.24. The molecule has 0 bridgehead atoms. The lowest BCUT2D eigenvalue weighted by molar-refractivity contribution is 1.22. The molecule has 26 heavy (non-hydrogen) atoms. The van der Waals surface area contributed by atoms with Crippen molar-refractivity contribution in [2.45, 2.75) is 87.1 Å². The third-order valence-electron chi connectivity index (χ3n) is 7.28. The highest BCUT2D eigenvalue weighted by Gasteiger charge is 2.79. The van der Waals surface area contributed by atoms with Gasteiger partial charge in [0, 0.05) is 24.2 Å². The van der Waals surface area contributed by atoms with Crippen LogP contribution in [-0.4, -0.2) is 39.0 Å². The van der Waals surface area contributed by atoms with E-state index in [1.54, 1.807) is 11.2 Å². The normalized spacial score (nSPS) is 25.3. The molecule has 0 nitrogen and oxygen atoms in total. The molecule has 1 aliphatic heterocycles. The van der Waals surface area contributed by atoms with Crippen molar-refractivity contribution in [1.29, 1.82) is 0 Å². The van der Waals surface area contributed by atoms with Gasteiger partial charge in [0.2, 0.25) is 0 Å². The van der Waals surface area contributed by atoms with Crippen molar-refractivity contribution in [3.8, 4) is 0 Å². The van der Waals surface area contributed by atoms with Gasteiger partial charge < -0.3 is 0 Å². The molecule has 6 heteroatoms. The second kappa shape index (κ2) is 6.66. The van der Waals surface area contributed by atoms with Gasteiger partial charge in [0.05, 0.1) is 8.07 Å². The van der Waals surface area contributed by atoms with Crippen LogP contribution in [0.3, 0.4) is 0 Å². The molecule has 1 aliphatic rings. The summed E-state index contributed by atoms with van der Waals surface area (Å²) in [5.74, 6) is 0. The molecule has 0 aromatic heterocycles. The molecule has 0 saturated carbocycles. The molecule has 2 atom stereocenters. The van der Waals surface area contributed by atoms with Crippen LogP contribution in [-0.2, 0) is 0 Å². The van der Waals surface area contributed by atoms with Crippen molar-refractivity contribution in [3.05, 3.63) is 30.3 Å². The van der Waals surface area contributed by atoms with E-state index in [0.717, 1.165) is 9.07 Å². The Bertz CT molecular complexity index is 615. The zero-order chi connectivity index (χ0) is 20.4. The first-order valence-corrected chi connectivity index (χ1v) is 28.3. The molecular formula is C20H41BrSi5. The number of rotatable bonds is 6. The van der Waals surface area contributed by atoms with Crippen molar-refractivity contribution in [1.82, 2.24) is 0 Å². The van der Waals surface area contributed by atoms with Gasteiger partial charge in [-0.25, -0.2) is 0 Å². The molecule has 0 N–H and O–H groups in total. The standard InChI is InChI=1S/C20H41BrSi5/c1-22(2,3)20(23(4,5)6,24(7,8)9)26(21)17-19(26)25(10,11)18-15-13-12-14-16-18/h12-16,19H,17H2,1-11H3/t19-,26-/m0/s1. The van der Waals surface area contributed by atoms with Gasteiger partial charge in [0.25, 0.3) is 0 Å². The Morgan fingerprint density at radius 2 is 1.15 bits per heavy atom. The van der Waals surface area contributed by atoms with E-state index in [4.69, 9.17) is 15.3 Å². The topological polar surface area (TPSA) is 0 Å². The molecule has 1 heterocycles. The van der Waals surface area contributed by atoms with Crippen molar-refractivity contribution in [2.75, 3.05) is 0 Å². The minimum Gasteiger partial charge on any atom is -0.127 e. The fourth-order valence-corrected chi connectivity index (χ4v) is 89.6. The minimum atomic E-state index is -1.48. The Labute approximate surface area is 176 Å². The van der Waals surface area contributed by atoms with Crippen molar-refractivity contribution in [3.63, 3.8) is 0 Å². The smallest absolute Gasteiger partial charge is 0.127 e. The summed E-state index contributed by atoms with van der Waals surface area (Å²) in [5.41, 5.74) is 0. The Balaban J connectivity index is 2.66. The van der Waals surface area contributed by atoms with E-state index in [1.807, 2.05) is 0 Å². The van der Waals surface area contributed by atoms with Crippen LogP contribution in [0.25, 0.3) is 0 Å². The Kier molecular flexibility index (Phi) is 5.90. The Morgan fingerprint density at radius 3 is 1.50 bits per heavy atom. The first-order chi connectivity index (χ1) is 11.4. The van der Waals surface area contributed by atoms with Gasteiger partial charge in [0.15, 0.2) is 0 Å². The number of halogens is 1. The second-order valence-electron chi connectivity index (χ2n) is 12.2. The van der Waals surface area contributed by atoms with E-state index in [0.29, 0.717) is 0 Å². The lowest BCUT2D eigenvalue weighted by Crippen LogP contribution is -2.73. The van der Waals surface area contributed by atoms with E-state index in [-0.39, 0.29) is 0 Å². The van der Waals surface area contributed by atoms with Gasteiger partial charge in [0.1, 0.15) is 6.69 Å². The first kappa shape index (κ1) is 23.1. The SMILES string of the molecule is C[Si](C)(c1ccccc1)[C@@H]1C[Si@@]1(Br)C([Si](C)(C)C)([Si](C)(C)C)[Si](C)(C)C. The van der Waals surface area contributed by atoms with Crippen LogP contribution in [0.4, 0.5) is 0 Å². The molecule has 148 valence electrons. The summed E-state index contributed by atoms with van der Waals surface area (Å²) in [5, 5.41) is 2.68.